The lowest BCUT2D eigenvalue weighted by Crippen LogP contribution is -2.21. The highest BCUT2D eigenvalue weighted by molar-refractivity contribution is 5.68. The highest BCUT2D eigenvalue weighted by atomic mass is 17.2. The first-order valence-corrected chi connectivity index (χ1v) is 9.27. The van der Waals surface area contributed by atoms with Crippen LogP contribution < -0.4 is 0 Å². The molecule has 0 unspecified atom stereocenters. The Hall–Kier alpha value is -1.14. The van der Waals surface area contributed by atoms with Gasteiger partial charge in [0.05, 0.1) is 0 Å². The third kappa shape index (κ3) is 19.0. The van der Waals surface area contributed by atoms with E-state index in [1.807, 2.05) is 41.5 Å². The Bertz CT molecular complexity index is 342. The molecule has 0 radical (unpaired) electrons. The van der Waals surface area contributed by atoms with Gasteiger partial charge in [-0.2, -0.15) is 9.78 Å². The summed E-state index contributed by atoms with van der Waals surface area (Å²) in [5, 5.41) is 0. The highest BCUT2D eigenvalue weighted by Gasteiger charge is 2.15. The molecule has 0 rings (SSSR count). The molecule has 0 aliphatic carbocycles. The molecule has 0 amide bonds. The van der Waals surface area contributed by atoms with Gasteiger partial charge < -0.3 is 0 Å². The van der Waals surface area contributed by atoms with Gasteiger partial charge in [0, 0.05) is 12.8 Å². The molecule has 6 heteroatoms. The van der Waals surface area contributed by atoms with Gasteiger partial charge in [-0.05, 0) is 54.4 Å². The molecule has 6 nitrogen and oxygen atoms in total. The van der Waals surface area contributed by atoms with Gasteiger partial charge in [-0.15, -0.1) is 0 Å². The number of carbonyl (C=O) groups is 2. The Morgan fingerprint density at radius 2 is 0.840 bits per heavy atom. The highest BCUT2D eigenvalue weighted by Crippen LogP contribution is 2.13. The Morgan fingerprint density at radius 1 is 0.560 bits per heavy atom. The van der Waals surface area contributed by atoms with Crippen LogP contribution in [0, 0.1) is 0 Å². The summed E-state index contributed by atoms with van der Waals surface area (Å²) in [4.78, 5) is 42.3. The third-order valence-electron chi connectivity index (χ3n) is 3.03. The van der Waals surface area contributed by atoms with Crippen molar-refractivity contribution in [2.45, 2.75) is 111 Å². The molecule has 0 atom stereocenters. The predicted molar refractivity (Wildman–Crippen MR) is 95.4 cm³/mol. The van der Waals surface area contributed by atoms with E-state index in [-0.39, 0.29) is 11.9 Å². The lowest BCUT2D eigenvalue weighted by atomic mass is 10.1. The second-order valence-corrected chi connectivity index (χ2v) is 8.28. The second-order valence-electron chi connectivity index (χ2n) is 8.28. The Kier molecular flexibility index (Phi) is 11.7. The quantitative estimate of drug-likeness (QED) is 0.276. The van der Waals surface area contributed by atoms with Crippen LogP contribution in [0.4, 0.5) is 0 Å². The van der Waals surface area contributed by atoms with Crippen LogP contribution in [0.25, 0.3) is 0 Å². The van der Waals surface area contributed by atoms with Gasteiger partial charge in [0.25, 0.3) is 0 Å². The molecule has 0 fully saturated rings. The summed E-state index contributed by atoms with van der Waals surface area (Å²) < 4.78 is 0. The van der Waals surface area contributed by atoms with Gasteiger partial charge in [0.2, 0.25) is 0 Å². The number of carbonyl (C=O) groups excluding carboxylic acids is 2. The van der Waals surface area contributed by atoms with E-state index in [4.69, 9.17) is 19.6 Å². The number of hydrogen-bond donors (Lipinski definition) is 0. The van der Waals surface area contributed by atoms with Crippen LogP contribution in [-0.2, 0) is 29.1 Å². The first-order valence-electron chi connectivity index (χ1n) is 9.27. The zero-order valence-electron chi connectivity index (χ0n) is 16.8. The molecule has 0 aliphatic rings. The largest absolute Gasteiger partial charge is 0.342 e. The van der Waals surface area contributed by atoms with Crippen molar-refractivity contribution >= 4 is 11.9 Å². The van der Waals surface area contributed by atoms with E-state index in [2.05, 4.69) is 0 Å². The molecule has 0 aromatic carbocycles. The topological polar surface area (TPSA) is 71.1 Å². The molecule has 0 spiro atoms. The standard InChI is InChI=1S/C19H36O6/c1-18(2,3)24-22-16(20)14-12-10-8-7-9-11-13-15-17(21)23-25-19(4,5)6/h7-15H2,1-6H3. The van der Waals surface area contributed by atoms with Crippen LogP contribution in [0.5, 0.6) is 0 Å². The fourth-order valence-electron chi connectivity index (χ4n) is 1.85. The molecule has 0 saturated carbocycles. The van der Waals surface area contributed by atoms with Crippen LogP contribution in [-0.4, -0.2) is 23.1 Å². The maximum Gasteiger partial charge on any atom is 0.342 e. The molecule has 0 aliphatic heterocycles. The number of rotatable bonds is 12. The maximum atomic E-state index is 11.4. The Morgan fingerprint density at radius 3 is 1.12 bits per heavy atom. The minimum absolute atomic E-state index is 0.314. The minimum Gasteiger partial charge on any atom is -0.298 e. The van der Waals surface area contributed by atoms with E-state index in [0.29, 0.717) is 12.8 Å². The van der Waals surface area contributed by atoms with E-state index >= 15 is 0 Å². The minimum atomic E-state index is -0.471. The Balaban J connectivity index is 3.39. The summed E-state index contributed by atoms with van der Waals surface area (Å²) in [6.45, 7) is 11.0. The first kappa shape index (κ1) is 23.9. The maximum absolute atomic E-state index is 11.4. The monoisotopic (exact) mass is 360 g/mol. The number of unbranched alkanes of at least 4 members (excludes halogenated alkanes) is 6. The van der Waals surface area contributed by atoms with Crippen molar-refractivity contribution < 1.29 is 29.1 Å². The van der Waals surface area contributed by atoms with Crippen LogP contribution in [0.1, 0.15) is 99.3 Å². The van der Waals surface area contributed by atoms with Crippen molar-refractivity contribution in [1.29, 1.82) is 0 Å². The summed E-state index contributed by atoms with van der Waals surface area (Å²) in [5.74, 6) is -0.628. The average Bonchev–Trinajstić information content (AvgIpc) is 2.48. The van der Waals surface area contributed by atoms with Crippen LogP contribution in [0.3, 0.4) is 0 Å². The van der Waals surface area contributed by atoms with Gasteiger partial charge >= 0.3 is 11.9 Å². The van der Waals surface area contributed by atoms with Gasteiger partial charge in [-0.25, -0.2) is 9.59 Å². The van der Waals surface area contributed by atoms with Crippen LogP contribution in [0.15, 0.2) is 0 Å². The van der Waals surface area contributed by atoms with Gasteiger partial charge in [-0.1, -0.05) is 32.1 Å². The molecule has 0 bridgehead atoms. The molecular weight excluding hydrogens is 324 g/mol. The molecule has 0 aromatic heterocycles. The van der Waals surface area contributed by atoms with Crippen LogP contribution >= 0.6 is 0 Å². The molecule has 0 saturated heterocycles. The summed E-state index contributed by atoms with van der Waals surface area (Å²) in [6.07, 6.45) is 7.62. The summed E-state index contributed by atoms with van der Waals surface area (Å²) in [6, 6.07) is 0. The lowest BCUT2D eigenvalue weighted by molar-refractivity contribution is -0.320. The summed E-state index contributed by atoms with van der Waals surface area (Å²) >= 11 is 0. The van der Waals surface area contributed by atoms with Crippen molar-refractivity contribution in [2.24, 2.45) is 0 Å². The smallest absolute Gasteiger partial charge is 0.298 e. The fourth-order valence-corrected chi connectivity index (χ4v) is 1.85. The molecule has 0 N–H and O–H groups in total. The zero-order valence-corrected chi connectivity index (χ0v) is 16.8. The van der Waals surface area contributed by atoms with Crippen molar-refractivity contribution in [3.8, 4) is 0 Å². The van der Waals surface area contributed by atoms with E-state index < -0.39 is 11.2 Å². The van der Waals surface area contributed by atoms with Crippen molar-refractivity contribution in [3.63, 3.8) is 0 Å². The van der Waals surface area contributed by atoms with Crippen molar-refractivity contribution in [3.05, 3.63) is 0 Å². The Labute approximate surface area is 152 Å². The molecule has 148 valence electrons. The molecule has 0 heterocycles. The van der Waals surface area contributed by atoms with E-state index in [0.717, 1.165) is 44.9 Å². The zero-order chi connectivity index (χ0) is 19.3. The molecular formula is C19H36O6. The van der Waals surface area contributed by atoms with Crippen LogP contribution in [0.2, 0.25) is 0 Å². The number of hydrogen-bond acceptors (Lipinski definition) is 6. The van der Waals surface area contributed by atoms with E-state index in [1.54, 1.807) is 0 Å². The average molecular weight is 360 g/mol. The van der Waals surface area contributed by atoms with E-state index in [9.17, 15) is 9.59 Å². The van der Waals surface area contributed by atoms with E-state index in [1.165, 1.54) is 0 Å². The SMILES string of the molecule is CC(C)(C)OOC(=O)CCCCCCCCCC(=O)OOC(C)(C)C. The van der Waals surface area contributed by atoms with Gasteiger partial charge in [0.15, 0.2) is 0 Å². The lowest BCUT2D eigenvalue weighted by Gasteiger charge is -2.16. The fraction of sp³-hybridized carbons (Fsp3) is 0.895. The van der Waals surface area contributed by atoms with Gasteiger partial charge in [-0.3, -0.25) is 9.78 Å². The van der Waals surface area contributed by atoms with Gasteiger partial charge in [0.1, 0.15) is 11.2 Å². The predicted octanol–water partition coefficient (Wildman–Crippen LogP) is 5.04. The normalized spacial score (nSPS) is 12.1. The summed E-state index contributed by atoms with van der Waals surface area (Å²) in [7, 11) is 0. The molecule has 0 aromatic rings. The third-order valence-corrected chi connectivity index (χ3v) is 3.03. The van der Waals surface area contributed by atoms with Crippen molar-refractivity contribution in [2.75, 3.05) is 0 Å². The first-order chi connectivity index (χ1) is 11.5. The molecule has 25 heavy (non-hydrogen) atoms. The summed E-state index contributed by atoms with van der Waals surface area (Å²) in [5.41, 5.74) is -0.943. The second kappa shape index (κ2) is 12.3. The van der Waals surface area contributed by atoms with Crippen molar-refractivity contribution in [1.82, 2.24) is 0 Å².